The van der Waals surface area contributed by atoms with Crippen molar-refractivity contribution in [2.45, 2.75) is 32.6 Å². The van der Waals surface area contributed by atoms with Crippen LogP contribution in [0.4, 0.5) is 13.2 Å². The number of amides is 1. The molecule has 0 fully saturated rings. The van der Waals surface area contributed by atoms with E-state index in [1.54, 1.807) is 13.8 Å². The van der Waals surface area contributed by atoms with Gasteiger partial charge in [-0.3, -0.25) is 4.79 Å². The van der Waals surface area contributed by atoms with Crippen molar-refractivity contribution >= 4 is 5.91 Å². The number of aliphatic hydroxyl groups excluding tert-OH is 1. The first kappa shape index (κ1) is 17.9. The van der Waals surface area contributed by atoms with E-state index in [9.17, 15) is 23.1 Å². The Bertz CT molecular complexity index is 728. The maximum absolute atomic E-state index is 13.1. The first-order chi connectivity index (χ1) is 11.3. The van der Waals surface area contributed by atoms with Gasteiger partial charge in [0, 0.05) is 6.54 Å². The number of carbonyl (C=O) groups excluding carboxylic acids is 1. The fourth-order valence-corrected chi connectivity index (χ4v) is 2.41. The first-order valence-electron chi connectivity index (χ1n) is 7.27. The zero-order valence-electron chi connectivity index (χ0n) is 13.1. The highest BCUT2D eigenvalue weighted by molar-refractivity contribution is 5.93. The number of carbonyl (C=O) groups is 1. The number of nitrogens with zero attached hydrogens (tertiary/aromatic N) is 3. The molecule has 1 aromatic heterocycles. The molecule has 2 rings (SSSR count). The van der Waals surface area contributed by atoms with Gasteiger partial charge in [-0.2, -0.15) is 13.2 Å². The highest BCUT2D eigenvalue weighted by Gasteiger charge is 2.35. The lowest BCUT2D eigenvalue weighted by Crippen LogP contribution is -2.34. The van der Waals surface area contributed by atoms with Gasteiger partial charge < -0.3 is 10.4 Å². The van der Waals surface area contributed by atoms with Crippen LogP contribution in [0.1, 0.15) is 40.3 Å². The van der Waals surface area contributed by atoms with Crippen molar-refractivity contribution < 1.29 is 23.1 Å². The number of nitrogens with one attached hydrogen (secondary N) is 1. The second-order valence-corrected chi connectivity index (χ2v) is 5.13. The molecule has 9 heteroatoms. The van der Waals surface area contributed by atoms with E-state index in [0.29, 0.717) is 12.2 Å². The Morgan fingerprint density at radius 1 is 1.38 bits per heavy atom. The Labute approximate surface area is 136 Å². The SMILES string of the molecule is CCn1nnc(C)c1C(=O)NC(CO)c1ccccc1C(F)(F)F. The minimum Gasteiger partial charge on any atom is -0.394 e. The van der Waals surface area contributed by atoms with E-state index in [0.717, 1.165) is 6.07 Å². The molecule has 0 radical (unpaired) electrons. The number of hydrogen-bond acceptors (Lipinski definition) is 4. The first-order valence-corrected chi connectivity index (χ1v) is 7.27. The van der Waals surface area contributed by atoms with Crippen molar-refractivity contribution in [3.63, 3.8) is 0 Å². The molecule has 1 atom stereocenters. The number of aromatic nitrogens is 3. The third-order valence-corrected chi connectivity index (χ3v) is 3.55. The van der Waals surface area contributed by atoms with Gasteiger partial charge in [0.1, 0.15) is 5.69 Å². The average molecular weight is 342 g/mol. The van der Waals surface area contributed by atoms with Crippen molar-refractivity contribution in [1.29, 1.82) is 0 Å². The van der Waals surface area contributed by atoms with Gasteiger partial charge >= 0.3 is 6.18 Å². The van der Waals surface area contributed by atoms with Crippen molar-refractivity contribution in [1.82, 2.24) is 20.3 Å². The van der Waals surface area contributed by atoms with Crippen LogP contribution >= 0.6 is 0 Å². The number of aliphatic hydroxyl groups is 1. The van der Waals surface area contributed by atoms with Crippen LogP contribution in [0.15, 0.2) is 24.3 Å². The Morgan fingerprint density at radius 2 is 2.04 bits per heavy atom. The van der Waals surface area contributed by atoms with Crippen LogP contribution in [0.25, 0.3) is 0 Å². The Balaban J connectivity index is 2.34. The van der Waals surface area contributed by atoms with Crippen LogP contribution in [-0.2, 0) is 12.7 Å². The minimum atomic E-state index is -4.59. The van der Waals surface area contributed by atoms with E-state index in [2.05, 4.69) is 15.6 Å². The quantitative estimate of drug-likeness (QED) is 0.872. The van der Waals surface area contributed by atoms with Gasteiger partial charge in [-0.05, 0) is 25.5 Å². The van der Waals surface area contributed by atoms with Gasteiger partial charge in [-0.1, -0.05) is 23.4 Å². The summed E-state index contributed by atoms with van der Waals surface area (Å²) < 4.78 is 40.7. The van der Waals surface area contributed by atoms with Crippen LogP contribution in [-0.4, -0.2) is 32.6 Å². The van der Waals surface area contributed by atoms with Gasteiger partial charge in [0.05, 0.1) is 23.9 Å². The summed E-state index contributed by atoms with van der Waals surface area (Å²) in [7, 11) is 0. The van der Waals surface area contributed by atoms with Crippen LogP contribution in [0, 0.1) is 6.92 Å². The molecule has 0 bridgehead atoms. The topological polar surface area (TPSA) is 80.0 Å². The zero-order chi connectivity index (χ0) is 17.9. The lowest BCUT2D eigenvalue weighted by molar-refractivity contribution is -0.138. The molecule has 2 aromatic rings. The summed E-state index contributed by atoms with van der Waals surface area (Å²) in [5, 5.41) is 19.5. The molecule has 1 amide bonds. The highest BCUT2D eigenvalue weighted by Crippen LogP contribution is 2.34. The van der Waals surface area contributed by atoms with E-state index in [1.807, 2.05) is 0 Å². The molecule has 1 aromatic carbocycles. The fraction of sp³-hybridized carbons (Fsp3) is 0.400. The molecule has 0 saturated carbocycles. The van der Waals surface area contributed by atoms with Crippen LogP contribution in [0.5, 0.6) is 0 Å². The molecule has 0 aliphatic heterocycles. The molecule has 0 aliphatic carbocycles. The van der Waals surface area contributed by atoms with E-state index >= 15 is 0 Å². The van der Waals surface area contributed by atoms with Crippen molar-refractivity contribution in [2.75, 3.05) is 6.61 Å². The third kappa shape index (κ3) is 3.56. The summed E-state index contributed by atoms with van der Waals surface area (Å²) in [6, 6.07) is 3.61. The molecule has 0 spiro atoms. The number of benzene rings is 1. The molecule has 24 heavy (non-hydrogen) atoms. The molecule has 1 heterocycles. The van der Waals surface area contributed by atoms with E-state index < -0.39 is 30.3 Å². The maximum Gasteiger partial charge on any atom is 0.416 e. The second kappa shape index (κ2) is 7.00. The predicted octanol–water partition coefficient (Wildman–Crippen LogP) is 2.09. The molecular formula is C15H17F3N4O2. The predicted molar refractivity (Wildman–Crippen MR) is 79.2 cm³/mol. The number of alkyl halides is 3. The number of rotatable bonds is 5. The summed E-state index contributed by atoms with van der Waals surface area (Å²) in [6.07, 6.45) is -4.59. The lowest BCUT2D eigenvalue weighted by atomic mass is 10.00. The minimum absolute atomic E-state index is 0.153. The van der Waals surface area contributed by atoms with Crippen molar-refractivity contribution in [3.8, 4) is 0 Å². The Kier molecular flexibility index (Phi) is 5.23. The second-order valence-electron chi connectivity index (χ2n) is 5.13. The number of halogens is 3. The maximum atomic E-state index is 13.1. The van der Waals surface area contributed by atoms with Gasteiger partial charge in [-0.25, -0.2) is 4.68 Å². The average Bonchev–Trinajstić information content (AvgIpc) is 2.92. The summed E-state index contributed by atoms with van der Waals surface area (Å²) in [5.74, 6) is -0.643. The lowest BCUT2D eigenvalue weighted by Gasteiger charge is -2.21. The standard InChI is InChI=1S/C15H17F3N4O2/c1-3-22-13(9(2)20-21-22)14(24)19-12(8-23)10-6-4-5-7-11(10)15(16,17)18/h4-7,12,23H,3,8H2,1-2H3,(H,19,24). The van der Waals surface area contributed by atoms with Crippen LogP contribution in [0.3, 0.4) is 0 Å². The van der Waals surface area contributed by atoms with Gasteiger partial charge in [0.25, 0.3) is 5.91 Å². The van der Waals surface area contributed by atoms with E-state index in [1.165, 1.54) is 22.9 Å². The smallest absolute Gasteiger partial charge is 0.394 e. The van der Waals surface area contributed by atoms with Crippen molar-refractivity contribution in [3.05, 3.63) is 46.8 Å². The van der Waals surface area contributed by atoms with E-state index in [4.69, 9.17) is 0 Å². The summed E-state index contributed by atoms with van der Waals surface area (Å²) in [5.41, 5.74) is -0.590. The zero-order valence-corrected chi connectivity index (χ0v) is 13.1. The molecule has 0 aliphatic rings. The largest absolute Gasteiger partial charge is 0.416 e. The van der Waals surface area contributed by atoms with Gasteiger partial charge in [0.2, 0.25) is 0 Å². The monoisotopic (exact) mass is 342 g/mol. The number of hydrogen-bond donors (Lipinski definition) is 2. The third-order valence-electron chi connectivity index (χ3n) is 3.55. The van der Waals surface area contributed by atoms with Gasteiger partial charge in [0.15, 0.2) is 0 Å². The van der Waals surface area contributed by atoms with E-state index in [-0.39, 0.29) is 11.3 Å². The molecular weight excluding hydrogens is 325 g/mol. The molecule has 130 valence electrons. The number of aryl methyl sites for hydroxylation is 2. The molecule has 1 unspecified atom stereocenters. The Hall–Kier alpha value is -2.42. The summed E-state index contributed by atoms with van der Waals surface area (Å²) in [4.78, 5) is 12.4. The van der Waals surface area contributed by atoms with Crippen LogP contribution in [0.2, 0.25) is 0 Å². The molecule has 2 N–H and O–H groups in total. The van der Waals surface area contributed by atoms with Crippen LogP contribution < -0.4 is 5.32 Å². The summed E-state index contributed by atoms with van der Waals surface area (Å²) >= 11 is 0. The Morgan fingerprint density at radius 3 is 2.62 bits per heavy atom. The van der Waals surface area contributed by atoms with Gasteiger partial charge in [-0.15, -0.1) is 5.10 Å². The normalized spacial score (nSPS) is 12.9. The van der Waals surface area contributed by atoms with Crippen molar-refractivity contribution in [2.24, 2.45) is 0 Å². The molecule has 0 saturated heterocycles. The molecule has 6 nitrogen and oxygen atoms in total. The summed E-state index contributed by atoms with van der Waals surface area (Å²) in [6.45, 7) is 3.04. The fourth-order valence-electron chi connectivity index (χ4n) is 2.41. The highest BCUT2D eigenvalue weighted by atomic mass is 19.4.